The summed E-state index contributed by atoms with van der Waals surface area (Å²) in [4.78, 5) is 2.60. The van der Waals surface area contributed by atoms with Crippen molar-refractivity contribution in [3.8, 4) is 0 Å². The van der Waals surface area contributed by atoms with Gasteiger partial charge in [0.1, 0.15) is 0 Å². The molecule has 3 rings (SSSR count). The van der Waals surface area contributed by atoms with Crippen LogP contribution in [0, 0.1) is 11.8 Å². The van der Waals surface area contributed by atoms with E-state index in [1.54, 1.807) is 0 Å². The zero-order valence-electron chi connectivity index (χ0n) is 10.1. The van der Waals surface area contributed by atoms with Crippen molar-refractivity contribution in [3.05, 3.63) is 34.8 Å². The number of hydrogen-bond acceptors (Lipinski definition) is 1. The number of nitrogens with zero attached hydrogens (tertiary/aromatic N) is 1. The molecule has 2 atom stereocenters. The highest BCUT2D eigenvalue weighted by Gasteiger charge is 2.45. The second-order valence-electron chi connectivity index (χ2n) is 5.10. The minimum absolute atomic E-state index is 0.790. The fourth-order valence-electron chi connectivity index (χ4n) is 2.27. The Kier molecular flexibility index (Phi) is 4.04. The number of fused-ring (bicyclic) bond motifs is 1. The molecule has 2 heteroatoms. The smallest absolute Gasteiger partial charge is 0.0175 e. The SMILES string of the molecule is Brc1ccccc1.CC(C)N1CC2CC2C1. The zero-order valence-corrected chi connectivity index (χ0v) is 11.7. The molecule has 0 radical (unpaired) electrons. The minimum Gasteiger partial charge on any atom is -0.300 e. The van der Waals surface area contributed by atoms with Crippen molar-refractivity contribution in [3.63, 3.8) is 0 Å². The van der Waals surface area contributed by atoms with Gasteiger partial charge in [-0.1, -0.05) is 34.1 Å². The summed E-state index contributed by atoms with van der Waals surface area (Å²) in [6.45, 7) is 7.38. The van der Waals surface area contributed by atoms with Gasteiger partial charge in [0.15, 0.2) is 0 Å². The van der Waals surface area contributed by atoms with E-state index in [1.807, 2.05) is 30.3 Å². The highest BCUT2D eigenvalue weighted by Crippen LogP contribution is 2.45. The molecular weight excluding hydrogens is 262 g/mol. The molecule has 1 aliphatic heterocycles. The normalized spacial score (nSPS) is 27.2. The van der Waals surface area contributed by atoms with E-state index in [0.29, 0.717) is 0 Å². The Morgan fingerprint density at radius 3 is 2.00 bits per heavy atom. The van der Waals surface area contributed by atoms with Crippen molar-refractivity contribution in [1.82, 2.24) is 4.90 Å². The lowest BCUT2D eigenvalue weighted by Crippen LogP contribution is -2.29. The maximum absolute atomic E-state index is 3.31. The quantitative estimate of drug-likeness (QED) is 0.757. The molecule has 1 nitrogen and oxygen atoms in total. The van der Waals surface area contributed by atoms with E-state index in [4.69, 9.17) is 0 Å². The number of likely N-dealkylation sites (tertiary alicyclic amines) is 1. The summed E-state index contributed by atoms with van der Waals surface area (Å²) in [7, 11) is 0. The average Bonchev–Trinajstić information content (AvgIpc) is 2.87. The fraction of sp³-hybridized carbons (Fsp3) is 0.571. The van der Waals surface area contributed by atoms with Crippen LogP contribution in [0.2, 0.25) is 0 Å². The zero-order chi connectivity index (χ0) is 11.5. The molecule has 88 valence electrons. The first-order valence-electron chi connectivity index (χ1n) is 6.11. The molecule has 0 amide bonds. The van der Waals surface area contributed by atoms with Crippen molar-refractivity contribution >= 4 is 15.9 Å². The summed E-state index contributed by atoms with van der Waals surface area (Å²) in [6.07, 6.45) is 1.53. The summed E-state index contributed by atoms with van der Waals surface area (Å²) in [5, 5.41) is 0. The van der Waals surface area contributed by atoms with E-state index in [2.05, 4.69) is 34.7 Å². The van der Waals surface area contributed by atoms with Gasteiger partial charge in [0.25, 0.3) is 0 Å². The van der Waals surface area contributed by atoms with Crippen LogP contribution in [0.25, 0.3) is 0 Å². The van der Waals surface area contributed by atoms with E-state index in [9.17, 15) is 0 Å². The summed E-state index contributed by atoms with van der Waals surface area (Å²) in [5.74, 6) is 2.21. The maximum atomic E-state index is 3.31. The monoisotopic (exact) mass is 281 g/mol. The molecule has 2 unspecified atom stereocenters. The van der Waals surface area contributed by atoms with Crippen molar-refractivity contribution in [2.45, 2.75) is 26.3 Å². The first kappa shape index (κ1) is 12.1. The topological polar surface area (TPSA) is 3.24 Å². The van der Waals surface area contributed by atoms with Crippen LogP contribution in [-0.2, 0) is 0 Å². The first-order valence-corrected chi connectivity index (χ1v) is 6.90. The molecule has 0 aromatic heterocycles. The Balaban J connectivity index is 0.000000125. The summed E-state index contributed by atoms with van der Waals surface area (Å²) in [5.41, 5.74) is 0. The van der Waals surface area contributed by atoms with Crippen molar-refractivity contribution in [2.75, 3.05) is 13.1 Å². The predicted molar refractivity (Wildman–Crippen MR) is 72.4 cm³/mol. The van der Waals surface area contributed by atoms with Crippen LogP contribution in [0.15, 0.2) is 34.8 Å². The second kappa shape index (κ2) is 5.33. The predicted octanol–water partition coefficient (Wildman–Crippen LogP) is 3.80. The Hall–Kier alpha value is -0.340. The molecule has 1 aromatic rings. The molecule has 1 aliphatic carbocycles. The molecular formula is C14H20BrN. The molecule has 2 aliphatic rings. The Labute approximate surface area is 107 Å². The van der Waals surface area contributed by atoms with E-state index < -0.39 is 0 Å². The Bertz CT molecular complexity index is 313. The van der Waals surface area contributed by atoms with Crippen LogP contribution in [-0.4, -0.2) is 24.0 Å². The maximum Gasteiger partial charge on any atom is 0.0175 e. The number of rotatable bonds is 1. The standard InChI is InChI=1S/C8H15N.C6H5Br/c1-6(2)9-4-7-3-8(7)5-9;7-6-4-2-1-3-5-6/h6-8H,3-5H2,1-2H3;1-5H. The van der Waals surface area contributed by atoms with Crippen molar-refractivity contribution in [1.29, 1.82) is 0 Å². The van der Waals surface area contributed by atoms with Crippen LogP contribution < -0.4 is 0 Å². The molecule has 1 saturated heterocycles. The van der Waals surface area contributed by atoms with Crippen LogP contribution in [0.3, 0.4) is 0 Å². The molecule has 16 heavy (non-hydrogen) atoms. The van der Waals surface area contributed by atoms with Crippen LogP contribution in [0.4, 0.5) is 0 Å². The van der Waals surface area contributed by atoms with E-state index in [-0.39, 0.29) is 0 Å². The summed E-state index contributed by atoms with van der Waals surface area (Å²) < 4.78 is 1.13. The van der Waals surface area contributed by atoms with Gasteiger partial charge in [-0.25, -0.2) is 0 Å². The minimum atomic E-state index is 0.790. The Morgan fingerprint density at radius 2 is 1.69 bits per heavy atom. The van der Waals surface area contributed by atoms with E-state index in [0.717, 1.165) is 22.4 Å². The Morgan fingerprint density at radius 1 is 1.12 bits per heavy atom. The number of benzene rings is 1. The third-order valence-electron chi connectivity index (χ3n) is 3.47. The molecule has 1 aromatic carbocycles. The lowest BCUT2D eigenvalue weighted by atomic mass is 10.3. The fourth-order valence-corrected chi connectivity index (χ4v) is 2.58. The molecule has 1 saturated carbocycles. The molecule has 1 heterocycles. The van der Waals surface area contributed by atoms with Crippen molar-refractivity contribution < 1.29 is 0 Å². The molecule has 0 spiro atoms. The van der Waals surface area contributed by atoms with Crippen LogP contribution in [0.1, 0.15) is 20.3 Å². The average molecular weight is 282 g/mol. The lowest BCUT2D eigenvalue weighted by Gasteiger charge is -2.21. The summed E-state index contributed by atoms with van der Waals surface area (Å²) in [6, 6.07) is 10.8. The van der Waals surface area contributed by atoms with Gasteiger partial charge >= 0.3 is 0 Å². The van der Waals surface area contributed by atoms with Gasteiger partial charge in [0, 0.05) is 23.6 Å². The molecule has 0 N–H and O–H groups in total. The number of halogens is 1. The van der Waals surface area contributed by atoms with Gasteiger partial charge in [-0.3, -0.25) is 0 Å². The third kappa shape index (κ3) is 3.33. The molecule has 0 bridgehead atoms. The lowest BCUT2D eigenvalue weighted by molar-refractivity contribution is 0.248. The van der Waals surface area contributed by atoms with E-state index in [1.165, 1.54) is 19.5 Å². The largest absolute Gasteiger partial charge is 0.300 e. The van der Waals surface area contributed by atoms with E-state index >= 15 is 0 Å². The number of piperidine rings is 1. The molecule has 2 fully saturated rings. The van der Waals surface area contributed by atoms with Gasteiger partial charge < -0.3 is 4.90 Å². The highest BCUT2D eigenvalue weighted by atomic mass is 79.9. The van der Waals surface area contributed by atoms with Gasteiger partial charge in [-0.15, -0.1) is 0 Å². The third-order valence-corrected chi connectivity index (χ3v) is 4.00. The van der Waals surface area contributed by atoms with Gasteiger partial charge in [-0.2, -0.15) is 0 Å². The van der Waals surface area contributed by atoms with Crippen LogP contribution in [0.5, 0.6) is 0 Å². The number of hydrogen-bond donors (Lipinski definition) is 0. The second-order valence-corrected chi connectivity index (χ2v) is 6.01. The highest BCUT2D eigenvalue weighted by molar-refractivity contribution is 9.10. The van der Waals surface area contributed by atoms with Crippen molar-refractivity contribution in [2.24, 2.45) is 11.8 Å². The van der Waals surface area contributed by atoms with Crippen LogP contribution >= 0.6 is 15.9 Å². The van der Waals surface area contributed by atoms with Gasteiger partial charge in [0.2, 0.25) is 0 Å². The van der Waals surface area contributed by atoms with Gasteiger partial charge in [-0.05, 0) is 44.2 Å². The summed E-state index contributed by atoms with van der Waals surface area (Å²) >= 11 is 3.31. The first-order chi connectivity index (χ1) is 7.66. The van der Waals surface area contributed by atoms with Gasteiger partial charge in [0.05, 0.1) is 0 Å².